The Morgan fingerprint density at radius 2 is 2.00 bits per heavy atom. The van der Waals surface area contributed by atoms with E-state index in [9.17, 15) is 9.59 Å². The van der Waals surface area contributed by atoms with Crippen LogP contribution in [-0.4, -0.2) is 40.6 Å². The van der Waals surface area contributed by atoms with Crippen molar-refractivity contribution < 1.29 is 14.7 Å². The number of carboxylic acid groups (broad SMARTS) is 1. The second-order valence-electron chi connectivity index (χ2n) is 4.94. The van der Waals surface area contributed by atoms with Crippen molar-refractivity contribution in [3.63, 3.8) is 0 Å². The quantitative estimate of drug-likeness (QED) is 0.735. The van der Waals surface area contributed by atoms with Crippen molar-refractivity contribution >= 4 is 12.0 Å². The van der Waals surface area contributed by atoms with E-state index in [4.69, 9.17) is 5.11 Å². The molecule has 0 aromatic rings. The molecule has 2 N–H and O–H groups in total. The molecule has 0 radical (unpaired) electrons. The van der Waals surface area contributed by atoms with Crippen LogP contribution in [0.5, 0.6) is 0 Å². The van der Waals surface area contributed by atoms with E-state index in [1.165, 1.54) is 0 Å². The molecule has 0 aromatic heterocycles. The summed E-state index contributed by atoms with van der Waals surface area (Å²) in [5.41, 5.74) is 0. The number of nitrogens with one attached hydrogen (secondary N) is 1. The minimum Gasteiger partial charge on any atom is -0.481 e. The predicted octanol–water partition coefficient (Wildman–Crippen LogP) is 0.899. The van der Waals surface area contributed by atoms with E-state index in [-0.39, 0.29) is 12.1 Å². The van der Waals surface area contributed by atoms with Crippen LogP contribution in [0.15, 0.2) is 0 Å². The average molecular weight is 226 g/mol. The summed E-state index contributed by atoms with van der Waals surface area (Å²) in [7, 11) is 0. The van der Waals surface area contributed by atoms with Gasteiger partial charge in [0.15, 0.2) is 0 Å². The standard InChI is InChI=1S/C11H18N2O3/c1-6-5-9(6)12-11(16)13-4-3-8(7(13)2)10(14)15/h6-9H,3-5H2,1-2H3,(H,12,16)(H,14,15). The highest BCUT2D eigenvalue weighted by molar-refractivity contribution is 5.78. The summed E-state index contributed by atoms with van der Waals surface area (Å²) in [6.45, 7) is 4.45. The van der Waals surface area contributed by atoms with E-state index in [1.807, 2.05) is 6.92 Å². The minimum absolute atomic E-state index is 0.106. The Kier molecular flexibility index (Phi) is 2.78. The van der Waals surface area contributed by atoms with Crippen LogP contribution in [0.1, 0.15) is 26.7 Å². The van der Waals surface area contributed by atoms with Gasteiger partial charge >= 0.3 is 12.0 Å². The maximum Gasteiger partial charge on any atom is 0.317 e. The van der Waals surface area contributed by atoms with Crippen LogP contribution >= 0.6 is 0 Å². The van der Waals surface area contributed by atoms with E-state index in [2.05, 4.69) is 12.2 Å². The highest BCUT2D eigenvalue weighted by atomic mass is 16.4. The molecule has 1 saturated carbocycles. The third-order valence-corrected chi connectivity index (χ3v) is 3.75. The molecule has 2 amide bonds. The minimum atomic E-state index is -0.803. The number of carbonyl (C=O) groups excluding carboxylic acids is 1. The highest BCUT2D eigenvalue weighted by Crippen LogP contribution is 2.30. The fraction of sp³-hybridized carbons (Fsp3) is 0.818. The van der Waals surface area contributed by atoms with E-state index in [0.717, 1.165) is 6.42 Å². The van der Waals surface area contributed by atoms with Gasteiger partial charge in [0.05, 0.1) is 5.92 Å². The molecule has 2 fully saturated rings. The smallest absolute Gasteiger partial charge is 0.317 e. The lowest BCUT2D eigenvalue weighted by Gasteiger charge is -2.23. The Morgan fingerprint density at radius 3 is 2.44 bits per heavy atom. The lowest BCUT2D eigenvalue weighted by atomic mass is 10.0. The van der Waals surface area contributed by atoms with Crippen LogP contribution in [0, 0.1) is 11.8 Å². The Hall–Kier alpha value is -1.26. The Bertz CT molecular complexity index is 318. The summed E-state index contributed by atoms with van der Waals surface area (Å²) >= 11 is 0. The number of carboxylic acids is 1. The molecule has 0 bridgehead atoms. The summed E-state index contributed by atoms with van der Waals surface area (Å²) in [6.07, 6.45) is 1.60. The molecule has 1 heterocycles. The van der Waals surface area contributed by atoms with Gasteiger partial charge in [-0.05, 0) is 25.7 Å². The number of nitrogens with zero attached hydrogens (tertiary/aromatic N) is 1. The first-order chi connectivity index (χ1) is 7.50. The number of amides is 2. The Balaban J connectivity index is 1.90. The molecule has 5 nitrogen and oxygen atoms in total. The lowest BCUT2D eigenvalue weighted by Crippen LogP contribution is -2.44. The first-order valence-electron chi connectivity index (χ1n) is 5.80. The van der Waals surface area contributed by atoms with Crippen molar-refractivity contribution in [2.45, 2.75) is 38.8 Å². The third kappa shape index (κ3) is 1.99. The van der Waals surface area contributed by atoms with E-state index >= 15 is 0 Å². The normalized spacial score (nSPS) is 37.2. The molecular formula is C11H18N2O3. The molecule has 4 atom stereocenters. The largest absolute Gasteiger partial charge is 0.481 e. The zero-order chi connectivity index (χ0) is 11.9. The van der Waals surface area contributed by atoms with Crippen LogP contribution in [0.3, 0.4) is 0 Å². The van der Waals surface area contributed by atoms with Crippen molar-refractivity contribution in [3.05, 3.63) is 0 Å². The van der Waals surface area contributed by atoms with Crippen LogP contribution in [0.4, 0.5) is 4.79 Å². The zero-order valence-corrected chi connectivity index (χ0v) is 9.64. The average Bonchev–Trinajstić information content (AvgIpc) is 2.75. The topological polar surface area (TPSA) is 69.6 Å². The van der Waals surface area contributed by atoms with Gasteiger partial charge in [0.25, 0.3) is 0 Å². The third-order valence-electron chi connectivity index (χ3n) is 3.75. The van der Waals surface area contributed by atoms with Gasteiger partial charge in [-0.1, -0.05) is 6.92 Å². The monoisotopic (exact) mass is 226 g/mol. The molecule has 1 aliphatic carbocycles. The van der Waals surface area contributed by atoms with Crippen LogP contribution in [-0.2, 0) is 4.79 Å². The highest BCUT2D eigenvalue weighted by Gasteiger charge is 2.41. The number of urea groups is 1. The number of likely N-dealkylation sites (tertiary alicyclic amines) is 1. The second kappa shape index (κ2) is 3.96. The van der Waals surface area contributed by atoms with Gasteiger partial charge in [0, 0.05) is 18.6 Å². The number of hydrogen-bond acceptors (Lipinski definition) is 2. The summed E-state index contributed by atoms with van der Waals surface area (Å²) in [4.78, 5) is 24.4. The Labute approximate surface area is 94.8 Å². The van der Waals surface area contributed by atoms with Crippen molar-refractivity contribution in [2.24, 2.45) is 11.8 Å². The summed E-state index contributed by atoms with van der Waals surface area (Å²) in [5.74, 6) is -0.651. The lowest BCUT2D eigenvalue weighted by molar-refractivity contribution is -0.142. The van der Waals surface area contributed by atoms with Crippen molar-refractivity contribution in [1.82, 2.24) is 10.2 Å². The van der Waals surface area contributed by atoms with E-state index in [1.54, 1.807) is 4.90 Å². The maximum atomic E-state index is 11.8. The summed E-state index contributed by atoms with van der Waals surface area (Å²) < 4.78 is 0. The fourth-order valence-electron chi connectivity index (χ4n) is 2.32. The SMILES string of the molecule is CC1CC1NC(=O)N1CCC(C(=O)O)C1C. The summed E-state index contributed by atoms with van der Waals surface area (Å²) in [5, 5.41) is 11.9. The first kappa shape index (κ1) is 11.2. The fourth-order valence-corrected chi connectivity index (χ4v) is 2.32. The van der Waals surface area contributed by atoms with Gasteiger partial charge in [-0.15, -0.1) is 0 Å². The van der Waals surface area contributed by atoms with Gasteiger partial charge < -0.3 is 15.3 Å². The molecule has 2 aliphatic rings. The van der Waals surface area contributed by atoms with Gasteiger partial charge in [-0.2, -0.15) is 0 Å². The zero-order valence-electron chi connectivity index (χ0n) is 9.64. The van der Waals surface area contributed by atoms with Crippen LogP contribution < -0.4 is 5.32 Å². The van der Waals surface area contributed by atoms with Crippen molar-refractivity contribution in [3.8, 4) is 0 Å². The molecule has 4 unspecified atom stereocenters. The molecule has 90 valence electrons. The predicted molar refractivity (Wildman–Crippen MR) is 58.0 cm³/mol. The van der Waals surface area contributed by atoms with Gasteiger partial charge in [0.2, 0.25) is 0 Å². The molecule has 5 heteroatoms. The van der Waals surface area contributed by atoms with E-state index in [0.29, 0.717) is 24.9 Å². The molecule has 1 aliphatic heterocycles. The number of hydrogen-bond donors (Lipinski definition) is 2. The second-order valence-corrected chi connectivity index (χ2v) is 4.94. The number of rotatable bonds is 2. The van der Waals surface area contributed by atoms with Crippen molar-refractivity contribution in [1.29, 1.82) is 0 Å². The molecular weight excluding hydrogens is 208 g/mol. The molecule has 0 spiro atoms. The summed E-state index contributed by atoms with van der Waals surface area (Å²) in [6, 6.07) is -0.0132. The van der Waals surface area contributed by atoms with E-state index < -0.39 is 11.9 Å². The maximum absolute atomic E-state index is 11.8. The first-order valence-corrected chi connectivity index (χ1v) is 5.80. The number of carbonyl (C=O) groups is 2. The van der Waals surface area contributed by atoms with Crippen molar-refractivity contribution in [2.75, 3.05) is 6.54 Å². The van der Waals surface area contributed by atoms with Crippen LogP contribution in [0.2, 0.25) is 0 Å². The molecule has 16 heavy (non-hydrogen) atoms. The molecule has 2 rings (SSSR count). The van der Waals surface area contributed by atoms with Gasteiger partial charge in [-0.3, -0.25) is 4.79 Å². The number of aliphatic carboxylic acids is 1. The van der Waals surface area contributed by atoms with Gasteiger partial charge in [0.1, 0.15) is 0 Å². The van der Waals surface area contributed by atoms with Crippen LogP contribution in [0.25, 0.3) is 0 Å². The Morgan fingerprint density at radius 1 is 1.38 bits per heavy atom. The van der Waals surface area contributed by atoms with Gasteiger partial charge in [-0.25, -0.2) is 4.79 Å². The molecule has 1 saturated heterocycles. The molecule has 0 aromatic carbocycles.